The van der Waals surface area contributed by atoms with Crippen LogP contribution < -0.4 is 20.3 Å². The molecule has 0 aromatic carbocycles. The number of fused-ring (bicyclic) bond motifs is 1. The first-order chi connectivity index (χ1) is 17.9. The first-order valence-electron chi connectivity index (χ1n) is 12.6. The smallest absolute Gasteiger partial charge is 0.263 e. The van der Waals surface area contributed by atoms with Gasteiger partial charge in [-0.05, 0) is 38.8 Å². The monoisotopic (exact) mass is 510 g/mol. The Morgan fingerprint density at radius 1 is 1.22 bits per heavy atom. The molecule has 1 saturated heterocycles. The van der Waals surface area contributed by atoms with Crippen molar-refractivity contribution in [1.82, 2.24) is 29.7 Å². The van der Waals surface area contributed by atoms with E-state index in [0.717, 1.165) is 45.7 Å². The van der Waals surface area contributed by atoms with E-state index in [-0.39, 0.29) is 35.4 Å². The van der Waals surface area contributed by atoms with Gasteiger partial charge >= 0.3 is 0 Å². The number of hydrogen-bond donors (Lipinski definition) is 1. The summed E-state index contributed by atoms with van der Waals surface area (Å²) >= 11 is 0. The SMILES string of the molecule is COc1cccc(-c2nc3ncc(OCCCN4CCCOCC4)cc3c(=O)n2CC(=O)NC(C)C)n1. The summed E-state index contributed by atoms with van der Waals surface area (Å²) in [6, 6.07) is 6.72. The van der Waals surface area contributed by atoms with Gasteiger partial charge in [0.25, 0.3) is 5.56 Å². The fraction of sp³-hybridized carbons (Fsp3) is 0.500. The highest BCUT2D eigenvalue weighted by atomic mass is 16.5. The minimum atomic E-state index is -0.397. The Morgan fingerprint density at radius 2 is 2.08 bits per heavy atom. The lowest BCUT2D eigenvalue weighted by Crippen LogP contribution is -2.37. The molecule has 37 heavy (non-hydrogen) atoms. The topological polar surface area (TPSA) is 121 Å². The average Bonchev–Trinajstić information content (AvgIpc) is 3.17. The summed E-state index contributed by atoms with van der Waals surface area (Å²) in [5, 5.41) is 3.09. The van der Waals surface area contributed by atoms with Gasteiger partial charge in [0.2, 0.25) is 11.8 Å². The highest BCUT2D eigenvalue weighted by molar-refractivity contribution is 5.80. The molecule has 1 fully saturated rings. The first-order valence-corrected chi connectivity index (χ1v) is 12.6. The molecule has 0 aliphatic carbocycles. The van der Waals surface area contributed by atoms with Gasteiger partial charge in [-0.1, -0.05) is 6.07 Å². The molecule has 3 aromatic heterocycles. The second-order valence-corrected chi connectivity index (χ2v) is 9.17. The standard InChI is InChI=1S/C26H34N6O5/c1-18(2)28-22(33)17-32-25(21-7-4-8-23(29-21)35-3)30-24-20(26(32)34)15-19(16-27-24)37-13-6-10-31-9-5-12-36-14-11-31/h4,7-8,15-16,18H,5-6,9-14,17H2,1-3H3,(H,28,33). The molecule has 198 valence electrons. The molecule has 0 spiro atoms. The zero-order chi connectivity index (χ0) is 26.2. The maximum absolute atomic E-state index is 13.6. The van der Waals surface area contributed by atoms with Crippen molar-refractivity contribution >= 4 is 16.9 Å². The molecular weight excluding hydrogens is 476 g/mol. The average molecular weight is 511 g/mol. The number of nitrogens with one attached hydrogen (secondary N) is 1. The van der Waals surface area contributed by atoms with Crippen LogP contribution >= 0.6 is 0 Å². The van der Waals surface area contributed by atoms with Crippen molar-refractivity contribution in [2.75, 3.05) is 46.6 Å². The van der Waals surface area contributed by atoms with Crippen LogP contribution in [0.2, 0.25) is 0 Å². The lowest BCUT2D eigenvalue weighted by molar-refractivity contribution is -0.122. The van der Waals surface area contributed by atoms with Gasteiger partial charge in [-0.25, -0.2) is 15.0 Å². The third-order valence-electron chi connectivity index (χ3n) is 5.90. The lowest BCUT2D eigenvalue weighted by Gasteiger charge is -2.18. The third kappa shape index (κ3) is 7.01. The van der Waals surface area contributed by atoms with Crippen molar-refractivity contribution in [2.24, 2.45) is 0 Å². The zero-order valence-electron chi connectivity index (χ0n) is 21.6. The van der Waals surface area contributed by atoms with E-state index in [1.54, 1.807) is 30.5 Å². The number of methoxy groups -OCH3 is 1. The number of ether oxygens (including phenoxy) is 3. The molecule has 0 unspecified atom stereocenters. The molecule has 0 saturated carbocycles. The van der Waals surface area contributed by atoms with Gasteiger partial charge in [-0.2, -0.15) is 0 Å². The predicted molar refractivity (Wildman–Crippen MR) is 139 cm³/mol. The number of hydrogen-bond acceptors (Lipinski definition) is 9. The van der Waals surface area contributed by atoms with Crippen LogP contribution in [-0.4, -0.2) is 82.9 Å². The van der Waals surface area contributed by atoms with Gasteiger partial charge in [0.15, 0.2) is 11.5 Å². The maximum Gasteiger partial charge on any atom is 0.263 e. The molecule has 1 aliphatic heterocycles. The number of rotatable bonds is 10. The molecule has 1 N–H and O–H groups in total. The van der Waals surface area contributed by atoms with Crippen LogP contribution in [-0.2, 0) is 16.1 Å². The minimum Gasteiger partial charge on any atom is -0.492 e. The summed E-state index contributed by atoms with van der Waals surface area (Å²) in [6.45, 7) is 8.45. The molecule has 11 heteroatoms. The van der Waals surface area contributed by atoms with Crippen molar-refractivity contribution in [3.8, 4) is 23.1 Å². The second-order valence-electron chi connectivity index (χ2n) is 9.17. The normalized spacial score (nSPS) is 14.5. The first kappa shape index (κ1) is 26.5. The highest BCUT2D eigenvalue weighted by Crippen LogP contribution is 2.21. The Kier molecular flexibility index (Phi) is 9.02. The zero-order valence-corrected chi connectivity index (χ0v) is 21.6. The molecule has 11 nitrogen and oxygen atoms in total. The molecule has 1 amide bonds. The van der Waals surface area contributed by atoms with Crippen molar-refractivity contribution in [2.45, 2.75) is 39.3 Å². The number of carbonyl (C=O) groups excluding carboxylic acids is 1. The minimum absolute atomic E-state index is 0.0708. The molecule has 4 heterocycles. The van der Waals surface area contributed by atoms with E-state index in [1.807, 2.05) is 13.8 Å². The summed E-state index contributed by atoms with van der Waals surface area (Å²) in [5.74, 6) is 0.782. The summed E-state index contributed by atoms with van der Waals surface area (Å²) in [5.41, 5.74) is 0.254. The van der Waals surface area contributed by atoms with Crippen LogP contribution in [0.5, 0.6) is 11.6 Å². The maximum atomic E-state index is 13.6. The fourth-order valence-corrected chi connectivity index (χ4v) is 4.17. The van der Waals surface area contributed by atoms with Crippen LogP contribution in [0.15, 0.2) is 35.3 Å². The number of amides is 1. The Bertz CT molecular complexity index is 1270. The van der Waals surface area contributed by atoms with Crippen LogP contribution in [0, 0.1) is 0 Å². The van der Waals surface area contributed by atoms with E-state index >= 15 is 0 Å². The van der Waals surface area contributed by atoms with Gasteiger partial charge in [-0.15, -0.1) is 0 Å². The van der Waals surface area contributed by atoms with E-state index in [9.17, 15) is 9.59 Å². The van der Waals surface area contributed by atoms with Crippen molar-refractivity contribution < 1.29 is 19.0 Å². The van der Waals surface area contributed by atoms with E-state index in [4.69, 9.17) is 14.2 Å². The Morgan fingerprint density at radius 3 is 2.89 bits per heavy atom. The van der Waals surface area contributed by atoms with Crippen molar-refractivity contribution in [3.63, 3.8) is 0 Å². The number of nitrogens with zero attached hydrogens (tertiary/aromatic N) is 5. The van der Waals surface area contributed by atoms with Gasteiger partial charge in [0.05, 0.1) is 31.9 Å². The van der Waals surface area contributed by atoms with Crippen LogP contribution in [0.1, 0.15) is 26.7 Å². The summed E-state index contributed by atoms with van der Waals surface area (Å²) in [7, 11) is 1.51. The Balaban J connectivity index is 1.59. The van der Waals surface area contributed by atoms with Gasteiger partial charge < -0.3 is 24.4 Å². The molecule has 1 aliphatic rings. The quantitative estimate of drug-likeness (QED) is 0.408. The van der Waals surface area contributed by atoms with Crippen molar-refractivity contribution in [1.29, 1.82) is 0 Å². The van der Waals surface area contributed by atoms with Crippen LogP contribution in [0.4, 0.5) is 0 Å². The van der Waals surface area contributed by atoms with Crippen LogP contribution in [0.3, 0.4) is 0 Å². The Labute approximate surface area is 215 Å². The van der Waals surface area contributed by atoms with E-state index in [0.29, 0.717) is 23.9 Å². The highest BCUT2D eigenvalue weighted by Gasteiger charge is 2.19. The molecule has 0 radical (unpaired) electrons. The fourth-order valence-electron chi connectivity index (χ4n) is 4.17. The number of pyridine rings is 2. The van der Waals surface area contributed by atoms with E-state index < -0.39 is 5.56 Å². The van der Waals surface area contributed by atoms with Crippen LogP contribution in [0.25, 0.3) is 22.6 Å². The Hall–Kier alpha value is -3.57. The molecule has 3 aromatic rings. The lowest BCUT2D eigenvalue weighted by atomic mass is 10.2. The van der Waals surface area contributed by atoms with Gasteiger partial charge in [0, 0.05) is 38.3 Å². The molecule has 0 atom stereocenters. The number of aromatic nitrogens is 4. The molecule has 0 bridgehead atoms. The van der Waals surface area contributed by atoms with E-state index in [1.165, 1.54) is 11.7 Å². The molecule has 4 rings (SSSR count). The number of carbonyl (C=O) groups is 1. The van der Waals surface area contributed by atoms with Gasteiger partial charge in [0.1, 0.15) is 18.0 Å². The predicted octanol–water partition coefficient (Wildman–Crippen LogP) is 1.88. The summed E-state index contributed by atoms with van der Waals surface area (Å²) in [4.78, 5) is 42.0. The van der Waals surface area contributed by atoms with E-state index in [2.05, 4.69) is 25.2 Å². The summed E-state index contributed by atoms with van der Waals surface area (Å²) < 4.78 is 17.9. The largest absolute Gasteiger partial charge is 0.492 e. The van der Waals surface area contributed by atoms with Gasteiger partial charge in [-0.3, -0.25) is 14.2 Å². The molecular formula is C26H34N6O5. The summed E-state index contributed by atoms with van der Waals surface area (Å²) in [6.07, 6.45) is 3.45. The van der Waals surface area contributed by atoms with Crippen molar-refractivity contribution in [3.05, 3.63) is 40.8 Å². The second kappa shape index (κ2) is 12.6. The third-order valence-corrected chi connectivity index (χ3v) is 5.90.